The predicted molar refractivity (Wildman–Crippen MR) is 75.3 cm³/mol. The summed E-state index contributed by atoms with van der Waals surface area (Å²) in [6, 6.07) is 6.88. The minimum Gasteiger partial charge on any atom is -0.455 e. The molecule has 4 N–H and O–H groups in total. The lowest BCUT2D eigenvalue weighted by atomic mass is 10.2. The van der Waals surface area contributed by atoms with Crippen molar-refractivity contribution >= 4 is 23.2 Å². The highest BCUT2D eigenvalue weighted by Gasteiger charge is 2.14. The van der Waals surface area contributed by atoms with Crippen LogP contribution in [0, 0.1) is 5.82 Å². The summed E-state index contributed by atoms with van der Waals surface area (Å²) in [6.07, 6.45) is 0. The fourth-order valence-corrected chi connectivity index (χ4v) is 1.70. The summed E-state index contributed by atoms with van der Waals surface area (Å²) in [4.78, 5) is 22.9. The maximum atomic E-state index is 13.7. The highest BCUT2D eigenvalue weighted by molar-refractivity contribution is 6.02. The Hall–Kier alpha value is -2.67. The van der Waals surface area contributed by atoms with E-state index in [2.05, 4.69) is 10.6 Å². The molecule has 2 amide bonds. The maximum Gasteiger partial charge on any atom is 0.291 e. The normalized spacial score (nSPS) is 10.2. The van der Waals surface area contributed by atoms with Gasteiger partial charge in [-0.25, -0.2) is 4.39 Å². The summed E-state index contributed by atoms with van der Waals surface area (Å²) in [5, 5.41) is 4.88. The molecule has 1 aromatic heterocycles. The van der Waals surface area contributed by atoms with E-state index < -0.39 is 11.7 Å². The Kier molecular flexibility index (Phi) is 4.34. The molecule has 21 heavy (non-hydrogen) atoms. The third-order valence-corrected chi connectivity index (χ3v) is 2.62. The quantitative estimate of drug-likeness (QED) is 0.803. The molecule has 0 spiro atoms. The summed E-state index contributed by atoms with van der Waals surface area (Å²) >= 11 is 0. The van der Waals surface area contributed by atoms with Crippen LogP contribution in [0.1, 0.15) is 23.2 Å². The molecule has 110 valence electrons. The van der Waals surface area contributed by atoms with Crippen LogP contribution in [0.25, 0.3) is 0 Å². The van der Waals surface area contributed by atoms with Crippen LogP contribution in [-0.2, 0) is 11.3 Å². The molecule has 0 radical (unpaired) electrons. The minimum absolute atomic E-state index is 0.0276. The molecule has 2 rings (SSSR count). The van der Waals surface area contributed by atoms with E-state index >= 15 is 0 Å². The number of furan rings is 1. The topological polar surface area (TPSA) is 97.4 Å². The largest absolute Gasteiger partial charge is 0.455 e. The van der Waals surface area contributed by atoms with E-state index in [-0.39, 0.29) is 23.9 Å². The average Bonchev–Trinajstić information content (AvgIpc) is 2.91. The van der Waals surface area contributed by atoms with Gasteiger partial charge < -0.3 is 20.8 Å². The second kappa shape index (κ2) is 6.19. The molecule has 0 saturated heterocycles. The number of amides is 2. The van der Waals surface area contributed by atoms with Gasteiger partial charge in [0.2, 0.25) is 5.91 Å². The maximum absolute atomic E-state index is 13.7. The summed E-state index contributed by atoms with van der Waals surface area (Å²) in [6.45, 7) is 1.50. The zero-order valence-corrected chi connectivity index (χ0v) is 11.3. The van der Waals surface area contributed by atoms with E-state index in [4.69, 9.17) is 10.2 Å². The number of anilines is 2. The van der Waals surface area contributed by atoms with E-state index in [1.54, 1.807) is 6.07 Å². The van der Waals surface area contributed by atoms with Gasteiger partial charge in [0, 0.05) is 12.6 Å². The van der Waals surface area contributed by atoms with Crippen molar-refractivity contribution in [3.63, 3.8) is 0 Å². The zero-order chi connectivity index (χ0) is 15.4. The standard InChI is InChI=1S/C14H14FN3O3/c1-8(19)17-9-2-4-11(15)12(6-9)18-14(20)13-5-3-10(7-16)21-13/h2-6H,7,16H2,1H3,(H,17,19)(H,18,20). The predicted octanol–water partition coefficient (Wildman–Crippen LogP) is 2.09. The Labute approximate surface area is 120 Å². The van der Waals surface area contributed by atoms with Gasteiger partial charge in [-0.3, -0.25) is 9.59 Å². The van der Waals surface area contributed by atoms with Gasteiger partial charge in [-0.1, -0.05) is 0 Å². The summed E-state index contributed by atoms with van der Waals surface area (Å²) < 4.78 is 18.8. The van der Waals surface area contributed by atoms with Crippen molar-refractivity contribution in [2.75, 3.05) is 10.6 Å². The molecule has 6 nitrogen and oxygen atoms in total. The van der Waals surface area contributed by atoms with E-state index in [9.17, 15) is 14.0 Å². The minimum atomic E-state index is -0.622. The van der Waals surface area contributed by atoms with Crippen molar-refractivity contribution in [2.24, 2.45) is 5.73 Å². The molecule has 0 bridgehead atoms. The van der Waals surface area contributed by atoms with Gasteiger partial charge in [0.25, 0.3) is 5.91 Å². The number of nitrogens with one attached hydrogen (secondary N) is 2. The Morgan fingerprint density at radius 1 is 1.24 bits per heavy atom. The van der Waals surface area contributed by atoms with Crippen molar-refractivity contribution in [3.8, 4) is 0 Å². The van der Waals surface area contributed by atoms with Gasteiger partial charge in [-0.15, -0.1) is 0 Å². The van der Waals surface area contributed by atoms with Gasteiger partial charge in [0.1, 0.15) is 11.6 Å². The number of rotatable bonds is 4. The highest BCUT2D eigenvalue weighted by atomic mass is 19.1. The molecular formula is C14H14FN3O3. The smallest absolute Gasteiger partial charge is 0.291 e. The second-order valence-electron chi connectivity index (χ2n) is 4.30. The highest BCUT2D eigenvalue weighted by Crippen LogP contribution is 2.21. The van der Waals surface area contributed by atoms with E-state index in [1.165, 1.54) is 25.1 Å². The zero-order valence-electron chi connectivity index (χ0n) is 11.3. The first-order chi connectivity index (χ1) is 9.99. The Morgan fingerprint density at radius 2 is 2.00 bits per heavy atom. The third kappa shape index (κ3) is 3.67. The first kappa shape index (κ1) is 14.7. The summed E-state index contributed by atoms with van der Waals surface area (Å²) in [5.74, 6) is -1.04. The number of carbonyl (C=O) groups is 2. The molecule has 0 atom stereocenters. The van der Waals surface area contributed by atoms with Crippen molar-refractivity contribution in [1.82, 2.24) is 0 Å². The molecule has 0 aliphatic carbocycles. The molecule has 0 saturated carbocycles. The fourth-order valence-electron chi connectivity index (χ4n) is 1.70. The monoisotopic (exact) mass is 291 g/mol. The Balaban J connectivity index is 2.17. The number of hydrogen-bond donors (Lipinski definition) is 3. The van der Waals surface area contributed by atoms with E-state index in [0.717, 1.165) is 6.07 Å². The first-order valence-corrected chi connectivity index (χ1v) is 6.17. The SMILES string of the molecule is CC(=O)Nc1ccc(F)c(NC(=O)c2ccc(CN)o2)c1. The molecule has 7 heteroatoms. The third-order valence-electron chi connectivity index (χ3n) is 2.62. The van der Waals surface area contributed by atoms with Gasteiger partial charge in [0.15, 0.2) is 5.76 Å². The molecule has 1 aromatic carbocycles. The summed E-state index contributed by atoms with van der Waals surface area (Å²) in [7, 11) is 0. The Morgan fingerprint density at radius 3 is 2.62 bits per heavy atom. The molecule has 0 aliphatic heterocycles. The van der Waals surface area contributed by atoms with Crippen LogP contribution < -0.4 is 16.4 Å². The molecule has 0 unspecified atom stereocenters. The lowest BCUT2D eigenvalue weighted by molar-refractivity contribution is -0.114. The van der Waals surface area contributed by atoms with Crippen LogP contribution in [-0.4, -0.2) is 11.8 Å². The van der Waals surface area contributed by atoms with Crippen molar-refractivity contribution in [3.05, 3.63) is 47.7 Å². The average molecular weight is 291 g/mol. The molecular weight excluding hydrogens is 277 g/mol. The van der Waals surface area contributed by atoms with Gasteiger partial charge in [-0.05, 0) is 30.3 Å². The number of benzene rings is 1. The Bertz CT molecular complexity index is 682. The van der Waals surface area contributed by atoms with Gasteiger partial charge in [0.05, 0.1) is 12.2 Å². The van der Waals surface area contributed by atoms with Crippen LogP contribution in [0.15, 0.2) is 34.7 Å². The van der Waals surface area contributed by atoms with Crippen LogP contribution in [0.5, 0.6) is 0 Å². The van der Waals surface area contributed by atoms with Crippen LogP contribution >= 0.6 is 0 Å². The summed E-state index contributed by atoms with van der Waals surface area (Å²) in [5.41, 5.74) is 5.70. The van der Waals surface area contributed by atoms with Crippen molar-refractivity contribution < 1.29 is 18.4 Å². The lowest BCUT2D eigenvalue weighted by Gasteiger charge is -2.08. The number of halogens is 1. The van der Waals surface area contributed by atoms with Crippen molar-refractivity contribution in [1.29, 1.82) is 0 Å². The van der Waals surface area contributed by atoms with Gasteiger partial charge in [-0.2, -0.15) is 0 Å². The van der Waals surface area contributed by atoms with E-state index in [0.29, 0.717) is 11.4 Å². The van der Waals surface area contributed by atoms with Crippen LogP contribution in [0.2, 0.25) is 0 Å². The molecule has 0 aliphatic rings. The lowest BCUT2D eigenvalue weighted by Crippen LogP contribution is -2.13. The number of hydrogen-bond acceptors (Lipinski definition) is 4. The first-order valence-electron chi connectivity index (χ1n) is 6.17. The molecule has 1 heterocycles. The number of nitrogens with two attached hydrogens (primary N) is 1. The number of carbonyl (C=O) groups excluding carboxylic acids is 2. The van der Waals surface area contributed by atoms with Crippen LogP contribution in [0.4, 0.5) is 15.8 Å². The van der Waals surface area contributed by atoms with E-state index in [1.807, 2.05) is 0 Å². The van der Waals surface area contributed by atoms with Crippen LogP contribution in [0.3, 0.4) is 0 Å². The molecule has 0 fully saturated rings. The van der Waals surface area contributed by atoms with Gasteiger partial charge >= 0.3 is 0 Å². The second-order valence-corrected chi connectivity index (χ2v) is 4.30. The fraction of sp³-hybridized carbons (Fsp3) is 0.143. The molecule has 2 aromatic rings. The van der Waals surface area contributed by atoms with Crippen molar-refractivity contribution in [2.45, 2.75) is 13.5 Å².